The second-order valence-electron chi connectivity index (χ2n) is 6.19. The number of pyridine rings is 1. The van der Waals surface area contributed by atoms with Gasteiger partial charge in [0.1, 0.15) is 10.8 Å². The number of nitrogens with one attached hydrogen (secondary N) is 1. The van der Waals surface area contributed by atoms with E-state index in [0.29, 0.717) is 19.4 Å². The molecular weight excluding hydrogens is 358 g/mol. The van der Waals surface area contributed by atoms with Crippen molar-refractivity contribution in [2.24, 2.45) is 0 Å². The van der Waals surface area contributed by atoms with Crippen LogP contribution in [0.15, 0.2) is 48.7 Å². The number of carbonyl (C=O) groups is 1. The van der Waals surface area contributed by atoms with Gasteiger partial charge in [0.25, 0.3) is 0 Å². The number of ether oxygens (including phenoxy) is 1. The van der Waals surface area contributed by atoms with Gasteiger partial charge in [-0.15, -0.1) is 11.3 Å². The van der Waals surface area contributed by atoms with E-state index in [2.05, 4.69) is 15.3 Å². The van der Waals surface area contributed by atoms with Gasteiger partial charge in [0, 0.05) is 30.5 Å². The third kappa shape index (κ3) is 5.37. The first-order valence-electron chi connectivity index (χ1n) is 8.93. The number of hydrogen-bond acceptors (Lipinski definition) is 5. The fourth-order valence-corrected chi connectivity index (χ4v) is 3.79. The van der Waals surface area contributed by atoms with Gasteiger partial charge in [-0.05, 0) is 43.2 Å². The summed E-state index contributed by atoms with van der Waals surface area (Å²) >= 11 is 1.64. The second kappa shape index (κ2) is 9.28. The van der Waals surface area contributed by atoms with E-state index in [0.717, 1.165) is 34.1 Å². The maximum atomic E-state index is 12.1. The van der Waals surface area contributed by atoms with Crippen LogP contribution in [0.3, 0.4) is 0 Å². The van der Waals surface area contributed by atoms with E-state index in [9.17, 15) is 4.79 Å². The van der Waals surface area contributed by atoms with Crippen LogP contribution in [0.5, 0.6) is 5.75 Å². The van der Waals surface area contributed by atoms with E-state index >= 15 is 0 Å². The molecule has 3 rings (SSSR count). The average Bonchev–Trinajstić information content (AvgIpc) is 3.08. The van der Waals surface area contributed by atoms with Crippen molar-refractivity contribution >= 4 is 17.2 Å². The lowest BCUT2D eigenvalue weighted by molar-refractivity contribution is -0.121. The van der Waals surface area contributed by atoms with E-state index < -0.39 is 0 Å². The molecule has 1 aromatic carbocycles. The molecule has 2 aromatic heterocycles. The van der Waals surface area contributed by atoms with Gasteiger partial charge < -0.3 is 10.1 Å². The van der Waals surface area contributed by atoms with Crippen LogP contribution in [0.2, 0.25) is 0 Å². The molecule has 2 heterocycles. The predicted molar refractivity (Wildman–Crippen MR) is 108 cm³/mol. The van der Waals surface area contributed by atoms with Gasteiger partial charge in [0.15, 0.2) is 0 Å². The molecule has 0 saturated carbocycles. The molecule has 0 spiro atoms. The van der Waals surface area contributed by atoms with Gasteiger partial charge in [-0.1, -0.05) is 18.2 Å². The van der Waals surface area contributed by atoms with Crippen LogP contribution >= 0.6 is 11.3 Å². The summed E-state index contributed by atoms with van der Waals surface area (Å²) < 4.78 is 5.21. The number of amides is 1. The standard InChI is InChI=1S/C21H23N3O2S/c1-15-19(27-21(24-15)18-8-3-4-12-22-18)11-13-23-20(25)10-9-16-6-5-7-17(14-16)26-2/h3-8,12,14H,9-11,13H2,1-2H3,(H,23,25). The smallest absolute Gasteiger partial charge is 0.220 e. The zero-order chi connectivity index (χ0) is 19.1. The number of thiazole rings is 1. The highest BCUT2D eigenvalue weighted by molar-refractivity contribution is 7.15. The summed E-state index contributed by atoms with van der Waals surface area (Å²) in [7, 11) is 1.65. The number of methoxy groups -OCH3 is 1. The minimum absolute atomic E-state index is 0.0601. The minimum Gasteiger partial charge on any atom is -0.497 e. The molecule has 0 saturated heterocycles. The molecule has 0 aliphatic carbocycles. The molecule has 27 heavy (non-hydrogen) atoms. The SMILES string of the molecule is COc1cccc(CCC(=O)NCCc2sc(-c3ccccn3)nc2C)c1. The van der Waals surface area contributed by atoms with Crippen LogP contribution in [0.1, 0.15) is 22.6 Å². The van der Waals surface area contributed by atoms with Crippen LogP contribution in [0.25, 0.3) is 10.7 Å². The molecule has 0 aliphatic heterocycles. The van der Waals surface area contributed by atoms with E-state index in [1.165, 1.54) is 4.88 Å². The highest BCUT2D eigenvalue weighted by Gasteiger charge is 2.10. The monoisotopic (exact) mass is 381 g/mol. The van der Waals surface area contributed by atoms with Crippen LogP contribution < -0.4 is 10.1 Å². The Labute approximate surface area is 163 Å². The first kappa shape index (κ1) is 19.0. The third-order valence-electron chi connectivity index (χ3n) is 4.23. The maximum absolute atomic E-state index is 12.1. The zero-order valence-electron chi connectivity index (χ0n) is 15.6. The molecule has 140 valence electrons. The molecule has 6 heteroatoms. The van der Waals surface area contributed by atoms with E-state index in [1.807, 2.05) is 49.4 Å². The molecule has 0 fully saturated rings. The van der Waals surface area contributed by atoms with E-state index in [4.69, 9.17) is 4.74 Å². The third-order valence-corrected chi connectivity index (χ3v) is 5.47. The topological polar surface area (TPSA) is 64.1 Å². The second-order valence-corrected chi connectivity index (χ2v) is 7.28. The molecule has 0 radical (unpaired) electrons. The summed E-state index contributed by atoms with van der Waals surface area (Å²) in [6.07, 6.45) is 3.72. The molecule has 0 unspecified atom stereocenters. The molecule has 1 amide bonds. The highest BCUT2D eigenvalue weighted by Crippen LogP contribution is 2.26. The molecule has 0 aliphatic rings. The molecule has 1 N–H and O–H groups in total. The van der Waals surface area contributed by atoms with Crippen molar-refractivity contribution < 1.29 is 9.53 Å². The van der Waals surface area contributed by atoms with Gasteiger partial charge in [-0.3, -0.25) is 9.78 Å². The lowest BCUT2D eigenvalue weighted by atomic mass is 10.1. The first-order chi connectivity index (χ1) is 13.2. The number of rotatable bonds is 8. The average molecular weight is 382 g/mol. The summed E-state index contributed by atoms with van der Waals surface area (Å²) in [4.78, 5) is 22.2. The fraction of sp³-hybridized carbons (Fsp3) is 0.286. The van der Waals surface area contributed by atoms with Crippen molar-refractivity contribution in [3.63, 3.8) is 0 Å². The number of carbonyl (C=O) groups excluding carboxylic acids is 1. The van der Waals surface area contributed by atoms with Crippen LogP contribution in [0, 0.1) is 6.92 Å². The Kier molecular flexibility index (Phi) is 6.54. The van der Waals surface area contributed by atoms with Gasteiger partial charge >= 0.3 is 0 Å². The Morgan fingerprint density at radius 1 is 1.19 bits per heavy atom. The summed E-state index contributed by atoms with van der Waals surface area (Å²) in [6, 6.07) is 13.6. The van der Waals surface area contributed by atoms with Crippen molar-refractivity contribution in [1.29, 1.82) is 0 Å². The molecule has 3 aromatic rings. The first-order valence-corrected chi connectivity index (χ1v) is 9.74. The van der Waals surface area contributed by atoms with Gasteiger partial charge in [0.2, 0.25) is 5.91 Å². The Hall–Kier alpha value is -2.73. The number of benzene rings is 1. The Bertz CT molecular complexity index is 893. The predicted octanol–water partition coefficient (Wildman–Crippen LogP) is 3.81. The van der Waals surface area contributed by atoms with Gasteiger partial charge in [-0.25, -0.2) is 4.98 Å². The zero-order valence-corrected chi connectivity index (χ0v) is 16.4. The lowest BCUT2D eigenvalue weighted by Gasteiger charge is -2.06. The van der Waals surface area contributed by atoms with Gasteiger partial charge in [-0.2, -0.15) is 0 Å². The van der Waals surface area contributed by atoms with E-state index in [1.54, 1.807) is 24.6 Å². The minimum atomic E-state index is 0.0601. The Morgan fingerprint density at radius 3 is 2.85 bits per heavy atom. The largest absolute Gasteiger partial charge is 0.497 e. The van der Waals surface area contributed by atoms with Crippen molar-refractivity contribution in [2.75, 3.05) is 13.7 Å². The fourth-order valence-electron chi connectivity index (χ4n) is 2.75. The number of aromatic nitrogens is 2. The summed E-state index contributed by atoms with van der Waals surface area (Å²) in [5.41, 5.74) is 2.99. The normalized spacial score (nSPS) is 10.6. The Morgan fingerprint density at radius 2 is 2.07 bits per heavy atom. The Balaban J connectivity index is 1.47. The maximum Gasteiger partial charge on any atom is 0.220 e. The van der Waals surface area contributed by atoms with Crippen molar-refractivity contribution in [3.05, 3.63) is 64.8 Å². The number of hydrogen-bond donors (Lipinski definition) is 1. The van der Waals surface area contributed by atoms with Crippen molar-refractivity contribution in [2.45, 2.75) is 26.2 Å². The van der Waals surface area contributed by atoms with Crippen LogP contribution in [-0.2, 0) is 17.6 Å². The molecular formula is C21H23N3O2S. The lowest BCUT2D eigenvalue weighted by Crippen LogP contribution is -2.25. The van der Waals surface area contributed by atoms with Crippen LogP contribution in [-0.4, -0.2) is 29.5 Å². The molecule has 5 nitrogen and oxygen atoms in total. The number of aryl methyl sites for hydroxylation is 2. The van der Waals surface area contributed by atoms with E-state index in [-0.39, 0.29) is 5.91 Å². The van der Waals surface area contributed by atoms with Crippen molar-refractivity contribution in [1.82, 2.24) is 15.3 Å². The summed E-state index contributed by atoms with van der Waals surface area (Å²) in [5.74, 6) is 0.877. The van der Waals surface area contributed by atoms with Crippen LogP contribution in [0.4, 0.5) is 0 Å². The molecule has 0 atom stereocenters. The highest BCUT2D eigenvalue weighted by atomic mass is 32.1. The quantitative estimate of drug-likeness (QED) is 0.644. The van der Waals surface area contributed by atoms with Gasteiger partial charge in [0.05, 0.1) is 18.5 Å². The summed E-state index contributed by atoms with van der Waals surface area (Å²) in [5, 5.41) is 3.92. The summed E-state index contributed by atoms with van der Waals surface area (Å²) in [6.45, 7) is 2.62. The van der Waals surface area contributed by atoms with Crippen molar-refractivity contribution in [3.8, 4) is 16.5 Å². The number of nitrogens with zero attached hydrogens (tertiary/aromatic N) is 2. The molecule has 0 bridgehead atoms.